The van der Waals surface area contributed by atoms with Crippen LogP contribution in [0.1, 0.15) is 27.0 Å². The van der Waals surface area contributed by atoms with Gasteiger partial charge < -0.3 is 10.1 Å². The largest absolute Gasteiger partial charge is 0.465 e. The summed E-state index contributed by atoms with van der Waals surface area (Å²) in [5, 5.41) is 5.50. The second-order valence-corrected chi connectivity index (χ2v) is 5.26. The van der Waals surface area contributed by atoms with Gasteiger partial charge in [-0.15, -0.1) is 0 Å². The maximum Gasteiger partial charge on any atom is 0.349 e. The summed E-state index contributed by atoms with van der Waals surface area (Å²) in [5.41, 5.74) is 1.01. The first-order valence-corrected chi connectivity index (χ1v) is 7.04. The molecule has 0 aliphatic carbocycles. The topological polar surface area (TPSA) is 97.4 Å². The van der Waals surface area contributed by atoms with Gasteiger partial charge in [0.05, 0.1) is 13.3 Å². The molecule has 2 amide bonds. The summed E-state index contributed by atoms with van der Waals surface area (Å²) in [6, 6.07) is 6.40. The summed E-state index contributed by atoms with van der Waals surface area (Å²) in [6.45, 7) is 1.40. The molecule has 0 saturated carbocycles. The Morgan fingerprint density at radius 2 is 1.82 bits per heavy atom. The molecule has 1 heterocycles. The first-order valence-electron chi connectivity index (χ1n) is 6.22. The van der Waals surface area contributed by atoms with Crippen molar-refractivity contribution >= 4 is 39.9 Å². The van der Waals surface area contributed by atoms with Gasteiger partial charge in [-0.3, -0.25) is 14.9 Å². The highest BCUT2D eigenvalue weighted by atomic mass is 32.1. The average Bonchev–Trinajstić information content (AvgIpc) is 2.95. The number of esters is 1. The Morgan fingerprint density at radius 1 is 1.14 bits per heavy atom. The van der Waals surface area contributed by atoms with Gasteiger partial charge in [0.25, 0.3) is 5.91 Å². The number of nitrogens with one attached hydrogen (secondary N) is 2. The molecule has 8 heteroatoms. The molecule has 1 aromatic carbocycles. The van der Waals surface area contributed by atoms with Crippen LogP contribution in [0, 0.1) is 0 Å². The lowest BCUT2D eigenvalue weighted by Crippen LogP contribution is -2.12. The molecule has 0 aliphatic rings. The fourth-order valence-electron chi connectivity index (χ4n) is 1.60. The highest BCUT2D eigenvalue weighted by Gasteiger charge is 2.13. The summed E-state index contributed by atoms with van der Waals surface area (Å²) < 4.78 is 4.57. The van der Waals surface area contributed by atoms with E-state index in [0.29, 0.717) is 21.3 Å². The van der Waals surface area contributed by atoms with Crippen LogP contribution in [0.25, 0.3) is 0 Å². The van der Waals surface area contributed by atoms with Gasteiger partial charge in [0.1, 0.15) is 4.88 Å². The summed E-state index contributed by atoms with van der Waals surface area (Å²) in [7, 11) is 1.27. The second-order valence-electron chi connectivity index (χ2n) is 4.23. The van der Waals surface area contributed by atoms with Crippen molar-refractivity contribution in [2.75, 3.05) is 17.7 Å². The van der Waals surface area contributed by atoms with Crippen LogP contribution in [0.2, 0.25) is 0 Å². The van der Waals surface area contributed by atoms with Gasteiger partial charge in [-0.25, -0.2) is 9.78 Å². The van der Waals surface area contributed by atoms with Gasteiger partial charge >= 0.3 is 5.97 Å². The minimum atomic E-state index is -0.502. The van der Waals surface area contributed by atoms with Crippen LogP contribution in [0.5, 0.6) is 0 Å². The molecule has 2 N–H and O–H groups in total. The van der Waals surface area contributed by atoms with Gasteiger partial charge in [0.15, 0.2) is 5.13 Å². The molecule has 1 aromatic heterocycles. The zero-order valence-corrected chi connectivity index (χ0v) is 12.7. The Balaban J connectivity index is 2.04. The molecule has 22 heavy (non-hydrogen) atoms. The summed E-state index contributed by atoms with van der Waals surface area (Å²) in [5.74, 6) is -1.05. The van der Waals surface area contributed by atoms with Gasteiger partial charge in [-0.1, -0.05) is 11.3 Å². The van der Waals surface area contributed by atoms with Crippen LogP contribution in [-0.2, 0) is 9.53 Å². The Bertz CT molecular complexity index is 709. The van der Waals surface area contributed by atoms with Crippen LogP contribution in [0.4, 0.5) is 10.8 Å². The maximum atomic E-state index is 12.0. The fourth-order valence-corrected chi connectivity index (χ4v) is 2.33. The molecule has 0 fully saturated rings. The third kappa shape index (κ3) is 3.89. The lowest BCUT2D eigenvalue weighted by molar-refractivity contribution is -0.114. The van der Waals surface area contributed by atoms with Crippen molar-refractivity contribution in [3.8, 4) is 0 Å². The van der Waals surface area contributed by atoms with Crippen molar-refractivity contribution in [2.45, 2.75) is 6.92 Å². The van der Waals surface area contributed by atoms with Gasteiger partial charge in [0.2, 0.25) is 5.91 Å². The number of hydrogen-bond donors (Lipinski definition) is 2. The number of rotatable bonds is 4. The van der Waals surface area contributed by atoms with Crippen LogP contribution < -0.4 is 10.6 Å². The van der Waals surface area contributed by atoms with E-state index in [-0.39, 0.29) is 11.8 Å². The Hall–Kier alpha value is -2.74. The van der Waals surface area contributed by atoms with E-state index in [0.717, 1.165) is 11.3 Å². The molecule has 0 radical (unpaired) electrons. The van der Waals surface area contributed by atoms with Crippen LogP contribution in [0.3, 0.4) is 0 Å². The van der Waals surface area contributed by atoms with E-state index in [1.807, 2.05) is 0 Å². The number of anilines is 2. The van der Waals surface area contributed by atoms with Crippen LogP contribution >= 0.6 is 11.3 Å². The van der Waals surface area contributed by atoms with E-state index in [4.69, 9.17) is 0 Å². The molecule has 0 spiro atoms. The predicted octanol–water partition coefficient (Wildman–Crippen LogP) is 2.14. The second kappa shape index (κ2) is 6.81. The molecule has 0 atom stereocenters. The zero-order valence-electron chi connectivity index (χ0n) is 11.9. The summed E-state index contributed by atoms with van der Waals surface area (Å²) in [4.78, 5) is 38.5. The monoisotopic (exact) mass is 319 g/mol. The van der Waals surface area contributed by atoms with E-state index in [2.05, 4.69) is 20.4 Å². The molecule has 0 bridgehead atoms. The standard InChI is InChI=1S/C14H13N3O4S/c1-8(18)16-10-5-3-9(4-6-10)12(19)17-14-15-7-11(22-14)13(20)21-2/h3-7H,1-2H3,(H,16,18)(H,15,17,19). The molecule has 0 aliphatic heterocycles. The van der Waals surface area contributed by atoms with E-state index in [1.165, 1.54) is 20.2 Å². The molecule has 0 saturated heterocycles. The smallest absolute Gasteiger partial charge is 0.349 e. The number of methoxy groups -OCH3 is 1. The van der Waals surface area contributed by atoms with E-state index in [1.54, 1.807) is 24.3 Å². The Morgan fingerprint density at radius 3 is 2.41 bits per heavy atom. The van der Waals surface area contributed by atoms with Crippen molar-refractivity contribution in [3.05, 3.63) is 40.9 Å². The first kappa shape index (κ1) is 15.6. The molecule has 2 aromatic rings. The lowest BCUT2D eigenvalue weighted by atomic mass is 10.2. The predicted molar refractivity (Wildman–Crippen MR) is 82.2 cm³/mol. The van der Waals surface area contributed by atoms with E-state index in [9.17, 15) is 14.4 Å². The van der Waals surface area contributed by atoms with Crippen LogP contribution in [0.15, 0.2) is 30.5 Å². The molecule has 2 rings (SSSR count). The minimum absolute atomic E-state index is 0.185. The minimum Gasteiger partial charge on any atom is -0.465 e. The molecule has 114 valence electrons. The molecule has 0 unspecified atom stereocenters. The van der Waals surface area contributed by atoms with Crippen molar-refractivity contribution < 1.29 is 19.1 Å². The van der Waals surface area contributed by atoms with Gasteiger partial charge in [-0.05, 0) is 24.3 Å². The first-order chi connectivity index (χ1) is 10.5. The zero-order chi connectivity index (χ0) is 16.1. The average molecular weight is 319 g/mol. The lowest BCUT2D eigenvalue weighted by Gasteiger charge is -2.04. The third-order valence-electron chi connectivity index (χ3n) is 2.58. The number of aromatic nitrogens is 1. The fraction of sp³-hybridized carbons (Fsp3) is 0.143. The number of benzene rings is 1. The van der Waals surface area contributed by atoms with Crippen LogP contribution in [-0.4, -0.2) is 29.9 Å². The Labute approximate surface area is 130 Å². The SMILES string of the molecule is COC(=O)c1cnc(NC(=O)c2ccc(NC(C)=O)cc2)s1. The Kier molecular flexibility index (Phi) is 4.84. The van der Waals surface area contributed by atoms with Crippen molar-refractivity contribution in [1.82, 2.24) is 4.98 Å². The van der Waals surface area contributed by atoms with Crippen molar-refractivity contribution in [2.24, 2.45) is 0 Å². The summed E-state index contributed by atoms with van der Waals surface area (Å²) >= 11 is 1.03. The van der Waals surface area contributed by atoms with Gasteiger partial charge in [0, 0.05) is 18.2 Å². The molecular formula is C14H13N3O4S. The number of hydrogen-bond acceptors (Lipinski definition) is 6. The maximum absolute atomic E-state index is 12.0. The van der Waals surface area contributed by atoms with Gasteiger partial charge in [-0.2, -0.15) is 0 Å². The number of carbonyl (C=O) groups is 3. The molecule has 7 nitrogen and oxygen atoms in total. The quantitative estimate of drug-likeness (QED) is 0.841. The number of ether oxygens (including phenoxy) is 1. The van der Waals surface area contributed by atoms with E-state index >= 15 is 0 Å². The number of carbonyl (C=O) groups excluding carboxylic acids is 3. The number of amides is 2. The van der Waals surface area contributed by atoms with Crippen molar-refractivity contribution in [3.63, 3.8) is 0 Å². The highest BCUT2D eigenvalue weighted by Crippen LogP contribution is 2.20. The highest BCUT2D eigenvalue weighted by molar-refractivity contribution is 7.17. The number of nitrogens with zero attached hydrogens (tertiary/aromatic N) is 1. The third-order valence-corrected chi connectivity index (χ3v) is 3.47. The van der Waals surface area contributed by atoms with E-state index < -0.39 is 5.97 Å². The number of thiazole rings is 1. The molecular weight excluding hydrogens is 306 g/mol. The van der Waals surface area contributed by atoms with Crippen molar-refractivity contribution in [1.29, 1.82) is 0 Å². The summed E-state index contributed by atoms with van der Waals surface area (Å²) in [6.07, 6.45) is 1.34. The normalized spacial score (nSPS) is 9.91.